The first kappa shape index (κ1) is 10.7. The SMILES string of the molecule is OCC(c1cc[nH]c1)N1CCCNCC1. The van der Waals surface area contributed by atoms with Gasteiger partial charge in [0.15, 0.2) is 0 Å². The van der Waals surface area contributed by atoms with Crippen molar-refractivity contribution in [1.29, 1.82) is 0 Å². The van der Waals surface area contributed by atoms with Crippen molar-refractivity contribution < 1.29 is 5.11 Å². The molecule has 1 aromatic heterocycles. The highest BCUT2D eigenvalue weighted by atomic mass is 16.3. The molecule has 84 valence electrons. The van der Waals surface area contributed by atoms with Crippen LogP contribution in [0.5, 0.6) is 0 Å². The van der Waals surface area contributed by atoms with Crippen molar-refractivity contribution in [2.45, 2.75) is 12.5 Å². The Morgan fingerprint density at radius 1 is 1.40 bits per heavy atom. The number of rotatable bonds is 3. The van der Waals surface area contributed by atoms with Crippen LogP contribution in [0.3, 0.4) is 0 Å². The molecule has 0 saturated carbocycles. The number of hydrogen-bond donors (Lipinski definition) is 3. The Kier molecular flexibility index (Phi) is 3.77. The van der Waals surface area contributed by atoms with Crippen molar-refractivity contribution in [3.05, 3.63) is 24.0 Å². The zero-order valence-electron chi connectivity index (χ0n) is 8.95. The van der Waals surface area contributed by atoms with Gasteiger partial charge in [0.05, 0.1) is 12.6 Å². The standard InChI is InChI=1S/C11H19N3O/c15-9-11(10-2-4-13-8-10)14-6-1-3-12-5-7-14/h2,4,8,11-13,15H,1,3,5-7,9H2. The van der Waals surface area contributed by atoms with E-state index >= 15 is 0 Å². The molecular weight excluding hydrogens is 190 g/mol. The van der Waals surface area contributed by atoms with Gasteiger partial charge in [-0.05, 0) is 24.6 Å². The van der Waals surface area contributed by atoms with E-state index in [1.165, 1.54) is 5.56 Å². The highest BCUT2D eigenvalue weighted by molar-refractivity contribution is 5.14. The van der Waals surface area contributed by atoms with Gasteiger partial charge in [0.25, 0.3) is 0 Å². The van der Waals surface area contributed by atoms with Gasteiger partial charge in [0, 0.05) is 32.0 Å². The molecular formula is C11H19N3O. The average molecular weight is 209 g/mol. The molecule has 1 aromatic rings. The third kappa shape index (κ3) is 2.59. The highest BCUT2D eigenvalue weighted by Crippen LogP contribution is 2.20. The van der Waals surface area contributed by atoms with Gasteiger partial charge in [0.2, 0.25) is 0 Å². The summed E-state index contributed by atoms with van der Waals surface area (Å²) in [6, 6.07) is 2.19. The van der Waals surface area contributed by atoms with E-state index in [0.29, 0.717) is 0 Å². The van der Waals surface area contributed by atoms with E-state index < -0.39 is 0 Å². The van der Waals surface area contributed by atoms with E-state index in [4.69, 9.17) is 0 Å². The summed E-state index contributed by atoms with van der Waals surface area (Å²) in [5.41, 5.74) is 1.18. The number of aliphatic hydroxyl groups excluding tert-OH is 1. The van der Waals surface area contributed by atoms with Crippen LogP contribution in [0.1, 0.15) is 18.0 Å². The van der Waals surface area contributed by atoms with Gasteiger partial charge in [-0.3, -0.25) is 4.90 Å². The molecule has 0 amide bonds. The molecule has 0 aromatic carbocycles. The van der Waals surface area contributed by atoms with Gasteiger partial charge in [-0.15, -0.1) is 0 Å². The lowest BCUT2D eigenvalue weighted by Crippen LogP contribution is -2.34. The molecule has 0 spiro atoms. The van der Waals surface area contributed by atoms with E-state index in [9.17, 15) is 5.11 Å². The molecule has 1 aliphatic heterocycles. The molecule has 0 aliphatic carbocycles. The molecule has 0 bridgehead atoms. The summed E-state index contributed by atoms with van der Waals surface area (Å²) < 4.78 is 0. The maximum absolute atomic E-state index is 9.47. The average Bonchev–Trinajstić information content (AvgIpc) is 2.63. The summed E-state index contributed by atoms with van der Waals surface area (Å²) in [5, 5.41) is 12.8. The maximum Gasteiger partial charge on any atom is 0.0629 e. The number of hydrogen-bond acceptors (Lipinski definition) is 3. The Morgan fingerprint density at radius 3 is 3.07 bits per heavy atom. The Labute approximate surface area is 90.3 Å². The first-order valence-corrected chi connectivity index (χ1v) is 5.60. The van der Waals surface area contributed by atoms with Crippen LogP contribution in [0, 0.1) is 0 Å². The van der Waals surface area contributed by atoms with Crippen LogP contribution >= 0.6 is 0 Å². The normalized spacial score (nSPS) is 21.1. The minimum absolute atomic E-state index is 0.149. The van der Waals surface area contributed by atoms with Gasteiger partial charge in [-0.2, -0.15) is 0 Å². The molecule has 1 aliphatic rings. The van der Waals surface area contributed by atoms with E-state index in [1.807, 2.05) is 18.5 Å². The lowest BCUT2D eigenvalue weighted by Gasteiger charge is -2.28. The predicted molar refractivity (Wildman–Crippen MR) is 59.7 cm³/mol. The molecule has 2 rings (SSSR count). The van der Waals surface area contributed by atoms with Crippen molar-refractivity contribution in [3.63, 3.8) is 0 Å². The van der Waals surface area contributed by atoms with Crippen molar-refractivity contribution in [2.75, 3.05) is 32.8 Å². The molecule has 1 fully saturated rings. The second kappa shape index (κ2) is 5.30. The minimum Gasteiger partial charge on any atom is -0.394 e. The van der Waals surface area contributed by atoms with Crippen LogP contribution in [0.25, 0.3) is 0 Å². The van der Waals surface area contributed by atoms with Crippen LogP contribution in [0.2, 0.25) is 0 Å². The molecule has 15 heavy (non-hydrogen) atoms. The lowest BCUT2D eigenvalue weighted by molar-refractivity contribution is 0.130. The van der Waals surface area contributed by atoms with Gasteiger partial charge in [-0.1, -0.05) is 0 Å². The van der Waals surface area contributed by atoms with Crippen LogP contribution in [0.4, 0.5) is 0 Å². The Balaban J connectivity index is 2.04. The van der Waals surface area contributed by atoms with Crippen molar-refractivity contribution in [3.8, 4) is 0 Å². The van der Waals surface area contributed by atoms with Crippen LogP contribution in [-0.2, 0) is 0 Å². The highest BCUT2D eigenvalue weighted by Gasteiger charge is 2.20. The van der Waals surface area contributed by atoms with Gasteiger partial charge in [0.1, 0.15) is 0 Å². The van der Waals surface area contributed by atoms with Crippen molar-refractivity contribution >= 4 is 0 Å². The van der Waals surface area contributed by atoms with E-state index in [1.54, 1.807) is 0 Å². The zero-order chi connectivity index (χ0) is 10.5. The van der Waals surface area contributed by atoms with Crippen molar-refractivity contribution in [2.24, 2.45) is 0 Å². The van der Waals surface area contributed by atoms with Crippen LogP contribution < -0.4 is 5.32 Å². The molecule has 0 radical (unpaired) electrons. The molecule has 4 nitrogen and oxygen atoms in total. The predicted octanol–water partition coefficient (Wildman–Crippen LogP) is 0.343. The second-order valence-electron chi connectivity index (χ2n) is 3.98. The molecule has 2 heterocycles. The first-order chi connectivity index (χ1) is 7.42. The first-order valence-electron chi connectivity index (χ1n) is 5.60. The summed E-state index contributed by atoms with van der Waals surface area (Å²) in [6.45, 7) is 4.36. The second-order valence-corrected chi connectivity index (χ2v) is 3.98. The molecule has 4 heteroatoms. The molecule has 1 atom stereocenters. The Bertz CT molecular complexity index is 265. The lowest BCUT2D eigenvalue weighted by atomic mass is 10.1. The number of aromatic amines is 1. The summed E-state index contributed by atoms with van der Waals surface area (Å²) in [5.74, 6) is 0. The van der Waals surface area contributed by atoms with Gasteiger partial charge < -0.3 is 15.4 Å². The number of aliphatic hydroxyl groups is 1. The van der Waals surface area contributed by atoms with Crippen molar-refractivity contribution in [1.82, 2.24) is 15.2 Å². The monoisotopic (exact) mass is 209 g/mol. The summed E-state index contributed by atoms with van der Waals surface area (Å²) >= 11 is 0. The smallest absolute Gasteiger partial charge is 0.0629 e. The quantitative estimate of drug-likeness (QED) is 0.673. The molecule has 3 N–H and O–H groups in total. The fourth-order valence-electron chi connectivity index (χ4n) is 2.15. The number of nitrogens with one attached hydrogen (secondary N) is 2. The minimum atomic E-state index is 0.149. The third-order valence-electron chi connectivity index (χ3n) is 3.00. The van der Waals surface area contributed by atoms with Gasteiger partial charge in [-0.25, -0.2) is 0 Å². The largest absolute Gasteiger partial charge is 0.394 e. The molecule has 1 unspecified atom stereocenters. The summed E-state index contributed by atoms with van der Waals surface area (Å²) in [7, 11) is 0. The number of nitrogens with zero attached hydrogens (tertiary/aromatic N) is 1. The van der Waals surface area contributed by atoms with Gasteiger partial charge >= 0.3 is 0 Å². The Hall–Kier alpha value is -0.840. The zero-order valence-corrected chi connectivity index (χ0v) is 8.95. The number of H-pyrrole nitrogens is 1. The summed E-state index contributed by atoms with van der Waals surface area (Å²) in [6.07, 6.45) is 5.04. The summed E-state index contributed by atoms with van der Waals surface area (Å²) in [4.78, 5) is 5.40. The van der Waals surface area contributed by atoms with Crippen LogP contribution in [0.15, 0.2) is 18.5 Å². The maximum atomic E-state index is 9.47. The molecule has 1 saturated heterocycles. The third-order valence-corrected chi connectivity index (χ3v) is 3.00. The fraction of sp³-hybridized carbons (Fsp3) is 0.636. The van der Waals surface area contributed by atoms with E-state index in [2.05, 4.69) is 15.2 Å². The topological polar surface area (TPSA) is 51.3 Å². The van der Waals surface area contributed by atoms with Crippen LogP contribution in [-0.4, -0.2) is 47.8 Å². The van der Waals surface area contributed by atoms with E-state index in [0.717, 1.165) is 32.6 Å². The Morgan fingerprint density at radius 2 is 2.33 bits per heavy atom. The number of aromatic nitrogens is 1. The fourth-order valence-corrected chi connectivity index (χ4v) is 2.15. The van der Waals surface area contributed by atoms with E-state index in [-0.39, 0.29) is 12.6 Å².